The molecule has 1 amide bonds. The van der Waals surface area contributed by atoms with Crippen LogP contribution in [0.2, 0.25) is 5.02 Å². The molecule has 1 heterocycles. The molecule has 1 N–H and O–H groups in total. The van der Waals surface area contributed by atoms with E-state index in [0.717, 1.165) is 5.56 Å². The third-order valence-electron chi connectivity index (χ3n) is 4.29. The normalized spacial score (nSPS) is 18.3. The number of carbonyl (C=O) groups is 1. The summed E-state index contributed by atoms with van der Waals surface area (Å²) in [5.41, 5.74) is 0.828. The highest BCUT2D eigenvalue weighted by Gasteiger charge is 2.29. The van der Waals surface area contributed by atoms with E-state index >= 15 is 0 Å². The molecule has 0 aliphatic carbocycles. The van der Waals surface area contributed by atoms with Crippen molar-refractivity contribution >= 4 is 27.5 Å². The van der Waals surface area contributed by atoms with E-state index in [0.29, 0.717) is 37.5 Å². The van der Waals surface area contributed by atoms with Crippen LogP contribution >= 0.6 is 11.6 Å². The van der Waals surface area contributed by atoms with Gasteiger partial charge in [-0.3, -0.25) is 4.79 Å². The molecule has 0 radical (unpaired) electrons. The number of methoxy groups -OCH3 is 1. The highest BCUT2D eigenvalue weighted by molar-refractivity contribution is 7.88. The Hall–Kier alpha value is -1.15. The number of nitrogens with zero attached hydrogens (tertiary/aromatic N) is 1. The van der Waals surface area contributed by atoms with Gasteiger partial charge < -0.3 is 10.1 Å². The van der Waals surface area contributed by atoms with Gasteiger partial charge in [0.05, 0.1) is 6.26 Å². The lowest BCUT2D eigenvalue weighted by Gasteiger charge is -2.29. The van der Waals surface area contributed by atoms with E-state index in [1.807, 2.05) is 18.2 Å². The van der Waals surface area contributed by atoms with E-state index < -0.39 is 10.0 Å². The summed E-state index contributed by atoms with van der Waals surface area (Å²) in [5, 5.41) is 3.49. The van der Waals surface area contributed by atoms with Crippen LogP contribution < -0.4 is 5.32 Å². The fourth-order valence-corrected chi connectivity index (χ4v) is 3.98. The van der Waals surface area contributed by atoms with Crippen LogP contribution in [0.1, 0.15) is 24.5 Å². The zero-order chi connectivity index (χ0) is 17.7. The van der Waals surface area contributed by atoms with Crippen LogP contribution in [-0.2, 0) is 19.6 Å². The molecule has 1 saturated heterocycles. The fourth-order valence-electron chi connectivity index (χ4n) is 2.84. The predicted octanol–water partition coefficient (Wildman–Crippen LogP) is 1.82. The lowest BCUT2D eigenvalue weighted by Crippen LogP contribution is -2.43. The second-order valence-electron chi connectivity index (χ2n) is 5.93. The van der Waals surface area contributed by atoms with Gasteiger partial charge in [0.25, 0.3) is 0 Å². The summed E-state index contributed by atoms with van der Waals surface area (Å²) in [6.07, 6.45) is 1.93. The maximum Gasteiger partial charge on any atom is 0.223 e. The number of benzene rings is 1. The molecular formula is C16H23ClN2O4S. The first kappa shape index (κ1) is 19.2. The van der Waals surface area contributed by atoms with E-state index in [1.54, 1.807) is 13.2 Å². The van der Waals surface area contributed by atoms with Gasteiger partial charge in [0.1, 0.15) is 6.10 Å². The molecule has 1 aliphatic rings. The Morgan fingerprint density at radius 1 is 1.38 bits per heavy atom. The average Bonchev–Trinajstić information content (AvgIpc) is 2.56. The monoisotopic (exact) mass is 374 g/mol. The maximum absolute atomic E-state index is 12.3. The largest absolute Gasteiger partial charge is 0.375 e. The second-order valence-corrected chi connectivity index (χ2v) is 8.32. The first-order valence-electron chi connectivity index (χ1n) is 7.83. The molecule has 0 aromatic heterocycles. The molecular weight excluding hydrogens is 352 g/mol. The summed E-state index contributed by atoms with van der Waals surface area (Å²) >= 11 is 6.17. The third-order valence-corrected chi connectivity index (χ3v) is 5.94. The van der Waals surface area contributed by atoms with Gasteiger partial charge in [0.2, 0.25) is 15.9 Å². The van der Waals surface area contributed by atoms with Crippen LogP contribution in [0.25, 0.3) is 0 Å². The number of nitrogens with one attached hydrogen (secondary N) is 1. The van der Waals surface area contributed by atoms with Gasteiger partial charge in [0.15, 0.2) is 0 Å². The van der Waals surface area contributed by atoms with Crippen molar-refractivity contribution < 1.29 is 17.9 Å². The highest BCUT2D eigenvalue weighted by atomic mass is 35.5. The lowest BCUT2D eigenvalue weighted by molar-refractivity contribution is -0.126. The topological polar surface area (TPSA) is 75.7 Å². The summed E-state index contributed by atoms with van der Waals surface area (Å²) in [4.78, 5) is 12.3. The van der Waals surface area contributed by atoms with Gasteiger partial charge in [-0.05, 0) is 18.9 Å². The number of hydrogen-bond donors (Lipinski definition) is 1. The number of ether oxygens (including phenoxy) is 1. The molecule has 24 heavy (non-hydrogen) atoms. The van der Waals surface area contributed by atoms with E-state index in [-0.39, 0.29) is 17.9 Å². The Morgan fingerprint density at radius 2 is 2.00 bits per heavy atom. The van der Waals surface area contributed by atoms with Crippen LogP contribution in [0.4, 0.5) is 0 Å². The van der Waals surface area contributed by atoms with Crippen LogP contribution in [0.15, 0.2) is 24.3 Å². The quantitative estimate of drug-likeness (QED) is 0.824. The summed E-state index contributed by atoms with van der Waals surface area (Å²) in [6.45, 7) is 1.09. The molecule has 8 heteroatoms. The summed E-state index contributed by atoms with van der Waals surface area (Å²) < 4.78 is 29.8. The first-order valence-corrected chi connectivity index (χ1v) is 10.1. The summed E-state index contributed by atoms with van der Waals surface area (Å²) in [6, 6.07) is 7.36. The molecule has 6 nitrogen and oxygen atoms in total. The minimum atomic E-state index is -3.18. The van der Waals surface area contributed by atoms with E-state index in [2.05, 4.69) is 5.32 Å². The van der Waals surface area contributed by atoms with Crippen LogP contribution in [0, 0.1) is 5.92 Å². The Bertz CT molecular complexity index is 672. The van der Waals surface area contributed by atoms with Crippen molar-refractivity contribution in [3.05, 3.63) is 34.9 Å². The van der Waals surface area contributed by atoms with Gasteiger partial charge in [0, 0.05) is 43.2 Å². The number of halogens is 1. The zero-order valence-electron chi connectivity index (χ0n) is 13.9. The zero-order valence-corrected chi connectivity index (χ0v) is 15.4. The SMILES string of the molecule is CO[C@H](CNC(=O)C1CCN(S(C)(=O)=O)CC1)c1ccccc1Cl. The van der Waals surface area contributed by atoms with Crippen molar-refractivity contribution in [1.29, 1.82) is 0 Å². The predicted molar refractivity (Wildman–Crippen MR) is 93.4 cm³/mol. The molecule has 1 aromatic carbocycles. The molecule has 1 aromatic rings. The Kier molecular flexibility index (Phi) is 6.62. The second kappa shape index (κ2) is 8.29. The molecule has 1 atom stereocenters. The number of hydrogen-bond acceptors (Lipinski definition) is 4. The van der Waals surface area contributed by atoms with Crippen molar-refractivity contribution in [2.24, 2.45) is 5.92 Å². The smallest absolute Gasteiger partial charge is 0.223 e. The number of carbonyl (C=O) groups excluding carboxylic acids is 1. The van der Waals surface area contributed by atoms with Gasteiger partial charge in [-0.1, -0.05) is 29.8 Å². The van der Waals surface area contributed by atoms with Gasteiger partial charge in [-0.15, -0.1) is 0 Å². The van der Waals surface area contributed by atoms with E-state index in [4.69, 9.17) is 16.3 Å². The molecule has 2 rings (SSSR count). The van der Waals surface area contributed by atoms with Crippen molar-refractivity contribution in [1.82, 2.24) is 9.62 Å². The van der Waals surface area contributed by atoms with Gasteiger partial charge in [-0.25, -0.2) is 12.7 Å². The maximum atomic E-state index is 12.3. The fraction of sp³-hybridized carbons (Fsp3) is 0.562. The summed E-state index contributed by atoms with van der Waals surface area (Å²) in [5.74, 6) is -0.246. The highest BCUT2D eigenvalue weighted by Crippen LogP contribution is 2.25. The standard InChI is InChI=1S/C16H23ClN2O4S/c1-23-15(13-5-3-4-6-14(13)17)11-18-16(20)12-7-9-19(10-8-12)24(2,21)22/h3-6,12,15H,7-11H2,1-2H3,(H,18,20)/t15-/m1/s1. The van der Waals surface area contributed by atoms with Crippen molar-refractivity contribution in [2.45, 2.75) is 18.9 Å². The van der Waals surface area contributed by atoms with E-state index in [1.165, 1.54) is 10.6 Å². The van der Waals surface area contributed by atoms with Crippen molar-refractivity contribution in [3.8, 4) is 0 Å². The molecule has 134 valence electrons. The van der Waals surface area contributed by atoms with Crippen LogP contribution in [-0.4, -0.2) is 51.6 Å². The molecule has 0 unspecified atom stereocenters. The minimum absolute atomic E-state index is 0.0720. The third kappa shape index (κ3) is 4.92. The summed E-state index contributed by atoms with van der Waals surface area (Å²) in [7, 11) is -1.60. The molecule has 0 spiro atoms. The molecule has 1 aliphatic heterocycles. The van der Waals surface area contributed by atoms with E-state index in [9.17, 15) is 13.2 Å². The van der Waals surface area contributed by atoms with Crippen molar-refractivity contribution in [3.63, 3.8) is 0 Å². The van der Waals surface area contributed by atoms with Crippen LogP contribution in [0.5, 0.6) is 0 Å². The lowest BCUT2D eigenvalue weighted by atomic mass is 9.97. The van der Waals surface area contributed by atoms with Gasteiger partial charge in [-0.2, -0.15) is 0 Å². The average molecular weight is 375 g/mol. The van der Waals surface area contributed by atoms with Crippen LogP contribution in [0.3, 0.4) is 0 Å². The minimum Gasteiger partial charge on any atom is -0.375 e. The Labute approximate surface area is 148 Å². The number of amides is 1. The number of sulfonamides is 1. The molecule has 0 saturated carbocycles. The Balaban J connectivity index is 1.88. The Morgan fingerprint density at radius 3 is 2.54 bits per heavy atom. The number of rotatable bonds is 6. The van der Waals surface area contributed by atoms with Gasteiger partial charge >= 0.3 is 0 Å². The number of piperidine rings is 1. The molecule has 0 bridgehead atoms. The molecule has 1 fully saturated rings. The van der Waals surface area contributed by atoms with Crippen molar-refractivity contribution in [2.75, 3.05) is 33.0 Å². The first-order chi connectivity index (χ1) is 11.3.